The highest BCUT2D eigenvalue weighted by molar-refractivity contribution is 6.30. The highest BCUT2D eigenvalue weighted by Crippen LogP contribution is 2.39. The fourth-order valence-electron chi connectivity index (χ4n) is 2.89. The molecule has 3 rings (SSSR count). The van der Waals surface area contributed by atoms with E-state index in [1.54, 1.807) is 0 Å². The molecule has 1 saturated heterocycles. The number of halogens is 1. The van der Waals surface area contributed by atoms with Crippen LogP contribution < -0.4 is 17.0 Å². The zero-order chi connectivity index (χ0) is 17.6. The summed E-state index contributed by atoms with van der Waals surface area (Å²) >= 11 is 5.49. The Balaban J connectivity index is 2.20. The van der Waals surface area contributed by atoms with E-state index >= 15 is 0 Å². The summed E-state index contributed by atoms with van der Waals surface area (Å²) in [5.74, 6) is 2.45. The topological polar surface area (TPSA) is 152 Å². The number of aromatic nitrogens is 3. The van der Waals surface area contributed by atoms with Crippen LogP contribution in [-0.4, -0.2) is 48.6 Å². The summed E-state index contributed by atoms with van der Waals surface area (Å²) in [6.45, 7) is 1.46. The second-order valence-corrected chi connectivity index (χ2v) is 5.89. The number of fused-ring (bicyclic) bond motifs is 1. The van der Waals surface area contributed by atoms with Crippen molar-refractivity contribution < 1.29 is 14.9 Å². The minimum Gasteiger partial charge on any atom is -0.391 e. The van der Waals surface area contributed by atoms with E-state index in [2.05, 4.69) is 21.3 Å². The van der Waals surface area contributed by atoms with E-state index < -0.39 is 35.6 Å². The van der Waals surface area contributed by atoms with Gasteiger partial charge in [0.15, 0.2) is 17.4 Å². The number of H-pyrrole nitrogens is 1. The molecule has 1 aliphatic rings. The van der Waals surface area contributed by atoms with E-state index in [1.165, 1.54) is 23.8 Å². The SMILES string of the molecule is C[C@H](O)[C@H]1O[C@@H](n2ccc3c(=O)[nH]c(N)nc32)[C@@](N)(C#CCl)C1O. The predicted molar refractivity (Wildman–Crippen MR) is 86.9 cm³/mol. The minimum atomic E-state index is -1.62. The number of rotatable bonds is 2. The maximum atomic E-state index is 12.0. The number of hydrogen-bond donors (Lipinski definition) is 5. The van der Waals surface area contributed by atoms with Gasteiger partial charge in [0.2, 0.25) is 5.95 Å². The van der Waals surface area contributed by atoms with Crippen molar-refractivity contribution in [2.75, 3.05) is 5.73 Å². The molecular formula is C14H16ClN5O4. The average molecular weight is 354 g/mol. The number of ether oxygens (including phenoxy) is 1. The lowest BCUT2D eigenvalue weighted by Crippen LogP contribution is -2.54. The fraction of sp³-hybridized carbons (Fsp3) is 0.429. The van der Waals surface area contributed by atoms with Crippen molar-refractivity contribution in [2.24, 2.45) is 5.73 Å². The van der Waals surface area contributed by atoms with E-state index in [0.717, 1.165) is 0 Å². The molecule has 5 atom stereocenters. The molecule has 2 aromatic heterocycles. The molecule has 3 heterocycles. The first-order chi connectivity index (χ1) is 11.3. The molecule has 7 N–H and O–H groups in total. The molecule has 2 aromatic rings. The van der Waals surface area contributed by atoms with Crippen molar-refractivity contribution in [1.29, 1.82) is 0 Å². The van der Waals surface area contributed by atoms with Crippen molar-refractivity contribution in [2.45, 2.75) is 37.0 Å². The third-order valence-electron chi connectivity index (χ3n) is 4.09. The van der Waals surface area contributed by atoms with Gasteiger partial charge < -0.3 is 31.0 Å². The zero-order valence-corrected chi connectivity index (χ0v) is 13.4. The Morgan fingerprint density at radius 3 is 2.96 bits per heavy atom. The van der Waals surface area contributed by atoms with Crippen LogP contribution in [-0.2, 0) is 4.74 Å². The van der Waals surface area contributed by atoms with Crippen molar-refractivity contribution in [3.8, 4) is 11.3 Å². The van der Waals surface area contributed by atoms with E-state index in [-0.39, 0.29) is 17.0 Å². The second-order valence-electron chi connectivity index (χ2n) is 5.70. The van der Waals surface area contributed by atoms with E-state index in [9.17, 15) is 15.0 Å². The van der Waals surface area contributed by atoms with E-state index in [1.807, 2.05) is 0 Å². The lowest BCUT2D eigenvalue weighted by atomic mass is 9.90. The summed E-state index contributed by atoms with van der Waals surface area (Å²) in [5.41, 5.74) is 10.00. The van der Waals surface area contributed by atoms with Crippen LogP contribution in [0.25, 0.3) is 11.0 Å². The van der Waals surface area contributed by atoms with Crippen LogP contribution in [0.1, 0.15) is 13.2 Å². The molecule has 0 aromatic carbocycles. The lowest BCUT2D eigenvalue weighted by Gasteiger charge is -2.28. The number of anilines is 1. The molecule has 0 aliphatic carbocycles. The first-order valence-electron chi connectivity index (χ1n) is 7.09. The maximum Gasteiger partial charge on any atom is 0.261 e. The molecule has 1 unspecified atom stereocenters. The summed E-state index contributed by atoms with van der Waals surface area (Å²) < 4.78 is 7.16. The lowest BCUT2D eigenvalue weighted by molar-refractivity contribution is -0.0755. The Hall–Kier alpha value is -2.09. The van der Waals surface area contributed by atoms with Gasteiger partial charge in [-0.15, -0.1) is 0 Å². The van der Waals surface area contributed by atoms with E-state index in [0.29, 0.717) is 0 Å². The predicted octanol–water partition coefficient (Wildman–Crippen LogP) is -1.16. The maximum absolute atomic E-state index is 12.0. The number of nitrogen functional groups attached to an aromatic ring is 1. The average Bonchev–Trinajstić information content (AvgIpc) is 3.00. The molecule has 128 valence electrons. The van der Waals surface area contributed by atoms with Crippen LogP contribution in [0.2, 0.25) is 0 Å². The van der Waals surface area contributed by atoms with Crippen LogP contribution in [0.4, 0.5) is 5.95 Å². The molecule has 0 bridgehead atoms. The van der Waals surface area contributed by atoms with E-state index in [4.69, 9.17) is 27.8 Å². The van der Waals surface area contributed by atoms with Crippen molar-refractivity contribution >= 4 is 28.6 Å². The summed E-state index contributed by atoms with van der Waals surface area (Å²) in [4.78, 5) is 18.4. The molecule has 9 nitrogen and oxygen atoms in total. The number of nitrogens with one attached hydrogen (secondary N) is 1. The Labute approximate surface area is 141 Å². The minimum absolute atomic E-state index is 0.0795. The van der Waals surface area contributed by atoms with Crippen molar-refractivity contribution in [3.63, 3.8) is 0 Å². The summed E-state index contributed by atoms with van der Waals surface area (Å²) in [6, 6.07) is 1.51. The Morgan fingerprint density at radius 2 is 2.33 bits per heavy atom. The monoisotopic (exact) mass is 353 g/mol. The number of hydrogen-bond acceptors (Lipinski definition) is 7. The number of nitrogens with zero attached hydrogens (tertiary/aromatic N) is 2. The molecule has 10 heteroatoms. The highest BCUT2D eigenvalue weighted by Gasteiger charge is 2.55. The first kappa shape index (κ1) is 16.8. The normalized spacial score (nSPS) is 31.0. The standard InChI is InChI=1S/C14H16ClN5O4/c1-6(21)8-9(22)14(17,3-4-15)12(24-8)20-5-2-7-10(20)18-13(16)19-11(7)23/h2,5-6,8-9,12,21-22H,17H2,1H3,(H3,16,18,19,23)/t6-,8+,9?,12+,14+/m0/s1. The molecule has 1 aliphatic heterocycles. The van der Waals surface area contributed by atoms with Gasteiger partial charge in [0, 0.05) is 11.6 Å². The number of aromatic amines is 1. The van der Waals surface area contributed by atoms with Crippen LogP contribution in [0, 0.1) is 11.3 Å². The molecule has 0 radical (unpaired) electrons. The first-order valence-corrected chi connectivity index (χ1v) is 7.47. The van der Waals surface area contributed by atoms with Crippen molar-refractivity contribution in [1.82, 2.24) is 14.5 Å². The van der Waals surface area contributed by atoms with Crippen molar-refractivity contribution in [3.05, 3.63) is 22.6 Å². The van der Waals surface area contributed by atoms with Gasteiger partial charge in [0.05, 0.1) is 11.5 Å². The molecule has 0 amide bonds. The third kappa shape index (κ3) is 2.36. The van der Waals surface area contributed by atoms with Crippen LogP contribution >= 0.6 is 11.6 Å². The molecule has 0 saturated carbocycles. The molecule has 0 spiro atoms. The third-order valence-corrected chi connectivity index (χ3v) is 4.18. The second kappa shape index (κ2) is 5.77. The summed E-state index contributed by atoms with van der Waals surface area (Å²) in [6.07, 6.45) is -2.83. The largest absolute Gasteiger partial charge is 0.391 e. The van der Waals surface area contributed by atoms with Gasteiger partial charge in [-0.3, -0.25) is 9.78 Å². The quantitative estimate of drug-likeness (QED) is 0.427. The Kier molecular flexibility index (Phi) is 4.03. The smallest absolute Gasteiger partial charge is 0.261 e. The fourth-order valence-corrected chi connectivity index (χ4v) is 3.06. The number of aliphatic hydroxyl groups excluding tert-OH is 2. The van der Waals surface area contributed by atoms with Gasteiger partial charge in [0.25, 0.3) is 5.56 Å². The number of nitrogens with two attached hydrogens (primary N) is 2. The molecular weight excluding hydrogens is 338 g/mol. The Bertz CT molecular complexity index is 898. The van der Waals surface area contributed by atoms with Gasteiger partial charge >= 0.3 is 0 Å². The summed E-state index contributed by atoms with van der Waals surface area (Å²) in [7, 11) is 0. The Morgan fingerprint density at radius 1 is 1.62 bits per heavy atom. The van der Waals surface area contributed by atoms with Gasteiger partial charge in [-0.05, 0) is 24.6 Å². The van der Waals surface area contributed by atoms with Gasteiger partial charge in [-0.25, -0.2) is 0 Å². The summed E-state index contributed by atoms with van der Waals surface area (Å²) in [5, 5.41) is 22.7. The van der Waals surface area contributed by atoms with Crippen LogP contribution in [0.15, 0.2) is 17.1 Å². The molecule has 24 heavy (non-hydrogen) atoms. The van der Waals surface area contributed by atoms with Gasteiger partial charge in [0.1, 0.15) is 12.2 Å². The van der Waals surface area contributed by atoms with Gasteiger partial charge in [-0.1, -0.05) is 5.92 Å². The van der Waals surface area contributed by atoms with Gasteiger partial charge in [-0.2, -0.15) is 4.98 Å². The highest BCUT2D eigenvalue weighted by atomic mass is 35.5. The zero-order valence-electron chi connectivity index (χ0n) is 12.6. The molecule has 1 fully saturated rings. The van der Waals surface area contributed by atoms with Crippen LogP contribution in [0.5, 0.6) is 0 Å². The van der Waals surface area contributed by atoms with Crippen LogP contribution in [0.3, 0.4) is 0 Å². The number of aliphatic hydroxyl groups is 2.